The number of nitrogens with zero attached hydrogens (tertiary/aromatic N) is 2. The van der Waals surface area contributed by atoms with Crippen LogP contribution < -0.4 is 10.6 Å². The van der Waals surface area contributed by atoms with Crippen LogP contribution in [0.3, 0.4) is 0 Å². The molecule has 1 aromatic rings. The van der Waals surface area contributed by atoms with Crippen LogP contribution in [0.5, 0.6) is 0 Å². The van der Waals surface area contributed by atoms with Gasteiger partial charge in [0, 0.05) is 44.5 Å². The van der Waals surface area contributed by atoms with E-state index in [1.807, 2.05) is 7.05 Å². The number of thioether (sulfide) groups is 1. The van der Waals surface area contributed by atoms with Crippen LogP contribution in [0, 0.1) is 0 Å². The summed E-state index contributed by atoms with van der Waals surface area (Å²) in [6, 6.07) is 2.20. The maximum absolute atomic E-state index is 5.55. The SMILES string of the molecule is CN=C(NCC(C)c1ccsc1)NCC1(N2CCOCC2)CCSC1.I. The second kappa shape index (κ2) is 11.1. The molecule has 3 rings (SSSR count). The largest absolute Gasteiger partial charge is 0.379 e. The van der Waals surface area contributed by atoms with Gasteiger partial charge >= 0.3 is 0 Å². The summed E-state index contributed by atoms with van der Waals surface area (Å²) in [5.74, 6) is 3.84. The molecule has 0 radical (unpaired) electrons. The lowest BCUT2D eigenvalue weighted by molar-refractivity contribution is -0.0120. The number of nitrogens with one attached hydrogen (secondary N) is 2. The Bertz CT molecular complexity index is 543. The first-order valence-electron chi connectivity index (χ1n) is 9.11. The predicted molar refractivity (Wildman–Crippen MR) is 125 cm³/mol. The van der Waals surface area contributed by atoms with Crippen molar-refractivity contribution in [3.63, 3.8) is 0 Å². The van der Waals surface area contributed by atoms with E-state index in [-0.39, 0.29) is 29.5 Å². The molecule has 2 atom stereocenters. The summed E-state index contributed by atoms with van der Waals surface area (Å²) < 4.78 is 5.55. The highest BCUT2D eigenvalue weighted by molar-refractivity contribution is 14.0. The van der Waals surface area contributed by atoms with Gasteiger partial charge in [-0.2, -0.15) is 23.1 Å². The zero-order valence-corrected chi connectivity index (χ0v) is 19.7. The van der Waals surface area contributed by atoms with Crippen molar-refractivity contribution in [3.8, 4) is 0 Å². The number of ether oxygens (including phenoxy) is 1. The summed E-state index contributed by atoms with van der Waals surface area (Å²) in [6.45, 7) is 7.91. The van der Waals surface area contributed by atoms with Crippen LogP contribution in [0.25, 0.3) is 0 Å². The van der Waals surface area contributed by atoms with Crippen LogP contribution in [0.1, 0.15) is 24.8 Å². The molecule has 0 aromatic carbocycles. The maximum atomic E-state index is 5.55. The molecule has 2 fully saturated rings. The molecular weight excluding hydrogens is 479 g/mol. The fourth-order valence-electron chi connectivity index (χ4n) is 3.53. The molecule has 148 valence electrons. The Morgan fingerprint density at radius 3 is 2.81 bits per heavy atom. The lowest BCUT2D eigenvalue weighted by atomic mass is 9.95. The smallest absolute Gasteiger partial charge is 0.191 e. The summed E-state index contributed by atoms with van der Waals surface area (Å²) in [5, 5.41) is 11.5. The lowest BCUT2D eigenvalue weighted by Gasteiger charge is -2.43. The third kappa shape index (κ3) is 5.73. The number of aliphatic imine (C=N–C) groups is 1. The van der Waals surface area contributed by atoms with Gasteiger partial charge in [0.1, 0.15) is 0 Å². The van der Waals surface area contributed by atoms with E-state index in [1.54, 1.807) is 11.3 Å². The molecule has 0 saturated carbocycles. The van der Waals surface area contributed by atoms with E-state index >= 15 is 0 Å². The molecule has 8 heteroatoms. The summed E-state index contributed by atoms with van der Waals surface area (Å²) in [6.07, 6.45) is 1.24. The van der Waals surface area contributed by atoms with E-state index in [1.165, 1.54) is 23.5 Å². The molecule has 2 aliphatic rings. The molecule has 0 bridgehead atoms. The van der Waals surface area contributed by atoms with E-state index in [0.717, 1.165) is 45.4 Å². The summed E-state index contributed by atoms with van der Waals surface area (Å²) in [4.78, 5) is 7.06. The van der Waals surface area contributed by atoms with Gasteiger partial charge in [-0.05, 0) is 40.5 Å². The van der Waals surface area contributed by atoms with Gasteiger partial charge in [-0.25, -0.2) is 0 Å². The Hall–Kier alpha value is -0.0300. The minimum Gasteiger partial charge on any atom is -0.379 e. The van der Waals surface area contributed by atoms with Gasteiger partial charge in [0.2, 0.25) is 0 Å². The molecule has 2 saturated heterocycles. The fraction of sp³-hybridized carbons (Fsp3) is 0.722. The Kier molecular flexibility index (Phi) is 9.49. The zero-order chi connectivity index (χ0) is 17.5. The zero-order valence-electron chi connectivity index (χ0n) is 15.7. The van der Waals surface area contributed by atoms with Crippen molar-refractivity contribution in [1.29, 1.82) is 0 Å². The van der Waals surface area contributed by atoms with Gasteiger partial charge in [-0.3, -0.25) is 9.89 Å². The molecule has 0 spiro atoms. The topological polar surface area (TPSA) is 48.9 Å². The van der Waals surface area contributed by atoms with Gasteiger partial charge in [0.25, 0.3) is 0 Å². The first kappa shape index (κ1) is 22.3. The normalized spacial score (nSPS) is 25.5. The van der Waals surface area contributed by atoms with Gasteiger partial charge < -0.3 is 15.4 Å². The quantitative estimate of drug-likeness (QED) is 0.350. The monoisotopic (exact) mass is 510 g/mol. The Morgan fingerprint density at radius 1 is 1.38 bits per heavy atom. The molecule has 0 amide bonds. The molecule has 2 unspecified atom stereocenters. The van der Waals surface area contributed by atoms with Crippen molar-refractivity contribution >= 4 is 53.0 Å². The number of hydrogen-bond donors (Lipinski definition) is 2. The minimum atomic E-state index is 0. The van der Waals surface area contributed by atoms with Crippen LogP contribution in [0.15, 0.2) is 21.8 Å². The van der Waals surface area contributed by atoms with E-state index in [0.29, 0.717) is 5.92 Å². The summed E-state index contributed by atoms with van der Waals surface area (Å²) in [7, 11) is 1.86. The molecule has 26 heavy (non-hydrogen) atoms. The third-order valence-corrected chi connectivity index (χ3v) is 7.20. The van der Waals surface area contributed by atoms with Crippen LogP contribution in [0.4, 0.5) is 0 Å². The molecule has 1 aromatic heterocycles. The predicted octanol–water partition coefficient (Wildman–Crippen LogP) is 2.84. The van der Waals surface area contributed by atoms with E-state index in [9.17, 15) is 0 Å². The maximum Gasteiger partial charge on any atom is 0.191 e. The summed E-state index contributed by atoms with van der Waals surface area (Å²) >= 11 is 3.83. The lowest BCUT2D eigenvalue weighted by Crippen LogP contribution is -2.60. The second-order valence-corrected chi connectivity index (χ2v) is 8.78. The fourth-order valence-corrected chi connectivity index (χ4v) is 5.79. The highest BCUT2D eigenvalue weighted by atomic mass is 127. The highest BCUT2D eigenvalue weighted by Gasteiger charge is 2.40. The second-order valence-electron chi connectivity index (χ2n) is 6.89. The molecule has 5 nitrogen and oxygen atoms in total. The minimum absolute atomic E-state index is 0. The average Bonchev–Trinajstić information content (AvgIpc) is 3.35. The van der Waals surface area contributed by atoms with E-state index < -0.39 is 0 Å². The van der Waals surface area contributed by atoms with Crippen molar-refractivity contribution in [2.24, 2.45) is 4.99 Å². The van der Waals surface area contributed by atoms with Crippen LogP contribution in [0.2, 0.25) is 0 Å². The average molecular weight is 511 g/mol. The molecule has 0 aliphatic carbocycles. The van der Waals surface area contributed by atoms with Crippen molar-refractivity contribution < 1.29 is 4.74 Å². The highest BCUT2D eigenvalue weighted by Crippen LogP contribution is 2.33. The van der Waals surface area contributed by atoms with Crippen molar-refractivity contribution in [1.82, 2.24) is 15.5 Å². The van der Waals surface area contributed by atoms with E-state index in [2.05, 4.69) is 56.0 Å². The summed E-state index contributed by atoms with van der Waals surface area (Å²) in [5.41, 5.74) is 1.63. The Balaban J connectivity index is 0.00000243. The number of rotatable bonds is 6. The Labute approximate surface area is 182 Å². The Morgan fingerprint density at radius 2 is 2.19 bits per heavy atom. The number of morpholine rings is 1. The number of halogens is 1. The molecule has 2 aliphatic heterocycles. The first-order valence-corrected chi connectivity index (χ1v) is 11.2. The van der Waals surface area contributed by atoms with Crippen LogP contribution in [-0.2, 0) is 4.74 Å². The van der Waals surface area contributed by atoms with E-state index in [4.69, 9.17) is 4.74 Å². The third-order valence-electron chi connectivity index (χ3n) is 5.26. The molecule has 3 heterocycles. The number of thiophene rings is 1. The molecular formula is C18H31IN4OS2. The van der Waals surface area contributed by atoms with Gasteiger partial charge in [0.05, 0.1) is 13.2 Å². The van der Waals surface area contributed by atoms with Gasteiger partial charge in [0.15, 0.2) is 5.96 Å². The van der Waals surface area contributed by atoms with Gasteiger partial charge in [-0.1, -0.05) is 6.92 Å². The van der Waals surface area contributed by atoms with Crippen LogP contribution in [-0.4, -0.2) is 74.3 Å². The van der Waals surface area contributed by atoms with Crippen molar-refractivity contribution in [3.05, 3.63) is 22.4 Å². The number of guanidine groups is 1. The van der Waals surface area contributed by atoms with Crippen LogP contribution >= 0.6 is 47.1 Å². The van der Waals surface area contributed by atoms with Crippen molar-refractivity contribution in [2.75, 3.05) is 57.9 Å². The number of hydrogen-bond acceptors (Lipinski definition) is 5. The van der Waals surface area contributed by atoms with Crippen molar-refractivity contribution in [2.45, 2.75) is 24.8 Å². The van der Waals surface area contributed by atoms with Gasteiger partial charge in [-0.15, -0.1) is 24.0 Å². The molecule has 2 N–H and O–H groups in total. The standard InChI is InChI=1S/C18H30N4OS2.HI/c1-15(16-3-9-24-12-16)11-20-17(19-2)21-13-18(4-10-25-14-18)22-5-7-23-8-6-22;/h3,9,12,15H,4-8,10-11,13-14H2,1-2H3,(H2,19,20,21);1H. The first-order chi connectivity index (χ1) is 12.2.